The van der Waals surface area contributed by atoms with E-state index < -0.39 is 11.6 Å². The van der Waals surface area contributed by atoms with Gasteiger partial charge in [0, 0.05) is 0 Å². The predicted octanol–water partition coefficient (Wildman–Crippen LogP) is 3.77. The van der Waals surface area contributed by atoms with Crippen LogP contribution >= 0.6 is 0 Å². The molecule has 1 aromatic carbocycles. The molecule has 0 aliphatic heterocycles. The molecule has 0 fully saturated rings. The molecule has 0 radical (unpaired) electrons. The molecule has 0 bridgehead atoms. The fourth-order valence-corrected chi connectivity index (χ4v) is 1.97. The van der Waals surface area contributed by atoms with Crippen LogP contribution < -0.4 is 5.32 Å². The van der Waals surface area contributed by atoms with Gasteiger partial charge in [-0.1, -0.05) is 13.3 Å². The van der Waals surface area contributed by atoms with Crippen molar-refractivity contribution in [1.29, 1.82) is 0 Å². The van der Waals surface area contributed by atoms with E-state index in [0.29, 0.717) is 5.76 Å². The highest BCUT2D eigenvalue weighted by Crippen LogP contribution is 2.29. The number of fused-ring (bicyclic) bond motifs is 1. The van der Waals surface area contributed by atoms with Crippen LogP contribution in [0.5, 0.6) is 0 Å². The highest BCUT2D eigenvalue weighted by molar-refractivity contribution is 5.79. The molecule has 0 amide bonds. The van der Waals surface area contributed by atoms with E-state index >= 15 is 0 Å². The second-order valence-electron chi connectivity index (χ2n) is 4.05. The van der Waals surface area contributed by atoms with E-state index in [-0.39, 0.29) is 17.0 Å². The molecule has 1 atom stereocenters. The number of nitrogens with one attached hydrogen (secondary N) is 1. The van der Waals surface area contributed by atoms with Gasteiger partial charge in [0.05, 0.1) is 11.4 Å². The Hall–Kier alpha value is -1.42. The molecular formula is C13H15F2NO. The smallest absolute Gasteiger partial charge is 0.172 e. The molecule has 1 heterocycles. The summed E-state index contributed by atoms with van der Waals surface area (Å²) in [5, 5.41) is 3.29. The molecule has 92 valence electrons. The zero-order chi connectivity index (χ0) is 12.4. The molecule has 1 N–H and O–H groups in total. The first kappa shape index (κ1) is 12.0. The van der Waals surface area contributed by atoms with Crippen molar-refractivity contribution in [2.75, 3.05) is 7.05 Å². The zero-order valence-corrected chi connectivity index (χ0v) is 9.89. The summed E-state index contributed by atoms with van der Waals surface area (Å²) in [6.45, 7) is 2.05. The van der Waals surface area contributed by atoms with Gasteiger partial charge in [-0.3, -0.25) is 0 Å². The minimum Gasteiger partial charge on any atom is -0.456 e. The third-order valence-electron chi connectivity index (χ3n) is 2.87. The summed E-state index contributed by atoms with van der Waals surface area (Å²) in [6.07, 6.45) is 1.83. The van der Waals surface area contributed by atoms with Crippen LogP contribution in [-0.2, 0) is 0 Å². The van der Waals surface area contributed by atoms with Crippen LogP contribution in [0.2, 0.25) is 0 Å². The van der Waals surface area contributed by atoms with E-state index in [1.54, 1.807) is 13.1 Å². The SMILES string of the molecule is CCCC(NC)c1cc2c(F)ccc(F)c2o1. The summed E-state index contributed by atoms with van der Waals surface area (Å²) < 4.78 is 32.3. The van der Waals surface area contributed by atoms with Crippen molar-refractivity contribution < 1.29 is 13.2 Å². The first-order valence-electron chi connectivity index (χ1n) is 5.72. The maximum Gasteiger partial charge on any atom is 0.172 e. The summed E-state index contributed by atoms with van der Waals surface area (Å²) in [5.74, 6) is -0.407. The van der Waals surface area contributed by atoms with Gasteiger partial charge >= 0.3 is 0 Å². The fourth-order valence-electron chi connectivity index (χ4n) is 1.97. The molecule has 1 unspecified atom stereocenters. The van der Waals surface area contributed by atoms with Crippen LogP contribution in [0.1, 0.15) is 31.6 Å². The van der Waals surface area contributed by atoms with Crippen molar-refractivity contribution in [3.05, 3.63) is 35.6 Å². The standard InChI is InChI=1S/C13H15F2NO/c1-3-4-11(16-2)12-7-8-9(14)5-6-10(15)13(8)17-12/h5-7,11,16H,3-4H2,1-2H3. The lowest BCUT2D eigenvalue weighted by molar-refractivity contribution is 0.423. The van der Waals surface area contributed by atoms with Crippen LogP contribution in [0.3, 0.4) is 0 Å². The van der Waals surface area contributed by atoms with Crippen molar-refractivity contribution in [1.82, 2.24) is 5.32 Å². The number of benzene rings is 1. The summed E-state index contributed by atoms with van der Waals surface area (Å²) in [5.41, 5.74) is -0.00338. The van der Waals surface area contributed by atoms with Gasteiger partial charge in [-0.25, -0.2) is 8.78 Å². The second kappa shape index (κ2) is 4.84. The van der Waals surface area contributed by atoms with Crippen molar-refractivity contribution in [2.24, 2.45) is 0 Å². The largest absolute Gasteiger partial charge is 0.456 e. The van der Waals surface area contributed by atoms with Gasteiger partial charge in [-0.15, -0.1) is 0 Å². The normalized spacial score (nSPS) is 13.2. The topological polar surface area (TPSA) is 25.2 Å². The van der Waals surface area contributed by atoms with E-state index in [1.165, 1.54) is 0 Å². The Morgan fingerprint density at radius 3 is 2.59 bits per heavy atom. The van der Waals surface area contributed by atoms with Crippen LogP contribution in [-0.4, -0.2) is 7.05 Å². The summed E-state index contributed by atoms with van der Waals surface area (Å²) >= 11 is 0. The van der Waals surface area contributed by atoms with Crippen molar-refractivity contribution in [3.63, 3.8) is 0 Å². The van der Waals surface area contributed by atoms with Crippen molar-refractivity contribution in [3.8, 4) is 0 Å². The zero-order valence-electron chi connectivity index (χ0n) is 9.89. The van der Waals surface area contributed by atoms with Gasteiger partial charge in [-0.2, -0.15) is 0 Å². The molecule has 1 aromatic heterocycles. The molecule has 0 spiro atoms. The van der Waals surface area contributed by atoms with Crippen molar-refractivity contribution in [2.45, 2.75) is 25.8 Å². The highest BCUT2D eigenvalue weighted by Gasteiger charge is 2.17. The van der Waals surface area contributed by atoms with E-state index in [4.69, 9.17) is 4.42 Å². The average molecular weight is 239 g/mol. The Labute approximate surface area is 98.6 Å². The number of halogens is 2. The molecule has 0 saturated heterocycles. The van der Waals surface area contributed by atoms with Crippen LogP contribution in [0.15, 0.2) is 22.6 Å². The Morgan fingerprint density at radius 2 is 2.00 bits per heavy atom. The third kappa shape index (κ3) is 2.17. The lowest BCUT2D eigenvalue weighted by atomic mass is 10.1. The number of furan rings is 1. The van der Waals surface area contributed by atoms with E-state index in [1.807, 2.05) is 6.92 Å². The van der Waals surface area contributed by atoms with Gasteiger partial charge in [-0.05, 0) is 31.7 Å². The first-order valence-corrected chi connectivity index (χ1v) is 5.72. The Morgan fingerprint density at radius 1 is 1.29 bits per heavy atom. The fraction of sp³-hybridized carbons (Fsp3) is 0.385. The van der Waals surface area contributed by atoms with Gasteiger partial charge in [0.1, 0.15) is 11.6 Å². The monoisotopic (exact) mass is 239 g/mol. The molecule has 0 aliphatic carbocycles. The maximum atomic E-state index is 13.5. The summed E-state index contributed by atoms with van der Waals surface area (Å²) in [6, 6.07) is 3.76. The summed E-state index contributed by atoms with van der Waals surface area (Å²) in [7, 11) is 1.81. The van der Waals surface area contributed by atoms with Crippen molar-refractivity contribution >= 4 is 11.0 Å². The van der Waals surface area contributed by atoms with Gasteiger partial charge < -0.3 is 9.73 Å². The Bertz CT molecular complexity index is 482. The van der Waals surface area contributed by atoms with Crippen LogP contribution in [0, 0.1) is 11.6 Å². The second-order valence-corrected chi connectivity index (χ2v) is 4.05. The molecule has 2 rings (SSSR count). The van der Waals surface area contributed by atoms with Crippen LogP contribution in [0.4, 0.5) is 8.78 Å². The Kier molecular flexibility index (Phi) is 3.43. The lowest BCUT2D eigenvalue weighted by Crippen LogP contribution is -2.15. The molecule has 2 nitrogen and oxygen atoms in total. The highest BCUT2D eigenvalue weighted by atomic mass is 19.1. The number of rotatable bonds is 4. The maximum absolute atomic E-state index is 13.5. The van der Waals surface area contributed by atoms with E-state index in [9.17, 15) is 8.78 Å². The average Bonchev–Trinajstić information content (AvgIpc) is 2.77. The Balaban J connectivity index is 2.50. The minimum atomic E-state index is -0.529. The van der Waals surface area contributed by atoms with Crippen LogP contribution in [0.25, 0.3) is 11.0 Å². The predicted molar refractivity (Wildman–Crippen MR) is 62.8 cm³/mol. The molecule has 17 heavy (non-hydrogen) atoms. The minimum absolute atomic E-state index is 0.00338. The lowest BCUT2D eigenvalue weighted by Gasteiger charge is -2.11. The van der Waals surface area contributed by atoms with Gasteiger partial charge in [0.25, 0.3) is 0 Å². The first-order chi connectivity index (χ1) is 8.17. The van der Waals surface area contributed by atoms with E-state index in [2.05, 4.69) is 5.32 Å². The molecular weight excluding hydrogens is 224 g/mol. The molecule has 0 aliphatic rings. The van der Waals surface area contributed by atoms with Gasteiger partial charge in [0.15, 0.2) is 11.4 Å². The third-order valence-corrected chi connectivity index (χ3v) is 2.87. The number of hydrogen-bond acceptors (Lipinski definition) is 2. The molecule has 2 aromatic rings. The quantitative estimate of drug-likeness (QED) is 0.878. The number of hydrogen-bond donors (Lipinski definition) is 1. The summed E-state index contributed by atoms with van der Waals surface area (Å²) in [4.78, 5) is 0. The molecule has 0 saturated carbocycles. The van der Waals surface area contributed by atoms with Gasteiger partial charge in [0.2, 0.25) is 0 Å². The van der Waals surface area contributed by atoms with E-state index in [0.717, 1.165) is 25.0 Å². The molecule has 4 heteroatoms.